The van der Waals surface area contributed by atoms with Gasteiger partial charge in [-0.3, -0.25) is 4.79 Å². The number of carbonyl (C=O) groups is 2. The van der Waals surface area contributed by atoms with Crippen molar-refractivity contribution in [3.05, 3.63) is 99.5 Å². The van der Waals surface area contributed by atoms with Crippen molar-refractivity contribution in [2.45, 2.75) is 13.8 Å². The van der Waals surface area contributed by atoms with Gasteiger partial charge in [0.25, 0.3) is 5.82 Å². The smallest absolute Gasteiger partial charge is 0.378 e. The molecule has 1 heterocycles. The molecule has 6 nitrogen and oxygen atoms in total. The number of carbonyl (C=O) groups excluding carboxylic acids is 2. The summed E-state index contributed by atoms with van der Waals surface area (Å²) in [6.45, 7) is 3.52. The lowest BCUT2D eigenvalue weighted by Crippen LogP contribution is -2.15. The van der Waals surface area contributed by atoms with Crippen molar-refractivity contribution in [1.82, 2.24) is 14.8 Å². The van der Waals surface area contributed by atoms with Crippen LogP contribution in [0, 0.1) is 19.7 Å². The van der Waals surface area contributed by atoms with Crippen molar-refractivity contribution in [1.29, 1.82) is 0 Å². The Morgan fingerprint density at radius 3 is 2.33 bits per heavy atom. The molecule has 0 aliphatic heterocycles. The van der Waals surface area contributed by atoms with Crippen molar-refractivity contribution < 1.29 is 18.7 Å². The zero-order chi connectivity index (χ0) is 23.5. The molecule has 0 atom stereocenters. The molecular formula is C25H19BrFN3O3. The van der Waals surface area contributed by atoms with E-state index in [0.29, 0.717) is 22.6 Å². The summed E-state index contributed by atoms with van der Waals surface area (Å²) in [5.41, 5.74) is 3.83. The van der Waals surface area contributed by atoms with Gasteiger partial charge >= 0.3 is 5.97 Å². The number of halogens is 2. The van der Waals surface area contributed by atoms with Gasteiger partial charge in [0.1, 0.15) is 5.82 Å². The molecule has 0 aliphatic carbocycles. The van der Waals surface area contributed by atoms with Gasteiger partial charge in [0.2, 0.25) is 0 Å². The van der Waals surface area contributed by atoms with E-state index in [1.807, 2.05) is 32.0 Å². The minimum Gasteiger partial charge on any atom is -0.451 e. The Labute approximate surface area is 198 Å². The molecule has 0 fully saturated rings. The summed E-state index contributed by atoms with van der Waals surface area (Å²) in [6.07, 6.45) is 0. The molecule has 0 saturated carbocycles. The molecule has 8 heteroatoms. The zero-order valence-electron chi connectivity index (χ0n) is 17.9. The second-order valence-electron chi connectivity index (χ2n) is 7.45. The molecule has 1 aromatic heterocycles. The minimum absolute atomic E-state index is 0.198. The second-order valence-corrected chi connectivity index (χ2v) is 8.37. The van der Waals surface area contributed by atoms with Crippen molar-refractivity contribution in [2.75, 3.05) is 6.61 Å². The highest BCUT2D eigenvalue weighted by molar-refractivity contribution is 9.10. The molecule has 166 valence electrons. The molecule has 33 heavy (non-hydrogen) atoms. The van der Waals surface area contributed by atoms with Gasteiger partial charge in [0.15, 0.2) is 18.2 Å². The quantitative estimate of drug-likeness (QED) is 0.254. The van der Waals surface area contributed by atoms with E-state index in [-0.39, 0.29) is 17.4 Å². The van der Waals surface area contributed by atoms with Gasteiger partial charge < -0.3 is 4.74 Å². The van der Waals surface area contributed by atoms with Crippen LogP contribution in [0.15, 0.2) is 71.2 Å². The van der Waals surface area contributed by atoms with Gasteiger partial charge in [-0.2, -0.15) is 0 Å². The number of Topliss-reactive ketones (excluding diaryl/α,β-unsaturated/α-hetero) is 1. The number of aryl methyl sites for hydroxylation is 2. The number of benzene rings is 3. The normalized spacial score (nSPS) is 10.8. The lowest BCUT2D eigenvalue weighted by molar-refractivity contribution is 0.0462. The number of hydrogen-bond acceptors (Lipinski definition) is 5. The maximum absolute atomic E-state index is 13.4. The van der Waals surface area contributed by atoms with Gasteiger partial charge in [-0.1, -0.05) is 34.1 Å². The largest absolute Gasteiger partial charge is 0.451 e. The molecule has 0 spiro atoms. The number of hydrogen-bond donors (Lipinski definition) is 0. The molecule has 4 rings (SSSR count). The van der Waals surface area contributed by atoms with Gasteiger partial charge in [-0.25, -0.2) is 18.9 Å². The van der Waals surface area contributed by atoms with E-state index in [9.17, 15) is 14.0 Å². The third kappa shape index (κ3) is 5.06. The number of esters is 1. The second kappa shape index (κ2) is 9.46. The molecule has 4 aromatic rings. The average Bonchev–Trinajstić information content (AvgIpc) is 3.25. The van der Waals surface area contributed by atoms with Crippen LogP contribution < -0.4 is 0 Å². The van der Waals surface area contributed by atoms with E-state index in [4.69, 9.17) is 4.74 Å². The van der Waals surface area contributed by atoms with E-state index in [1.54, 1.807) is 36.4 Å². The first-order chi connectivity index (χ1) is 15.8. The standard InChI is InChI=1S/C25H19BrFN3O3/c1-15-3-12-21(13-16(15)2)30-24(18-6-10-20(27)11-7-18)28-23(29-30)25(32)33-14-22(31)17-4-8-19(26)9-5-17/h3-13H,14H2,1-2H3. The fourth-order valence-electron chi connectivity index (χ4n) is 3.14. The molecule has 0 unspecified atom stereocenters. The van der Waals surface area contributed by atoms with Crippen LogP contribution >= 0.6 is 15.9 Å². The molecule has 0 N–H and O–H groups in total. The number of ether oxygens (including phenoxy) is 1. The van der Waals surface area contributed by atoms with Crippen LogP contribution in [-0.4, -0.2) is 33.1 Å². The molecule has 0 aliphatic rings. The lowest BCUT2D eigenvalue weighted by atomic mass is 10.1. The van der Waals surface area contributed by atoms with E-state index in [1.165, 1.54) is 16.8 Å². The van der Waals surface area contributed by atoms with Crippen molar-refractivity contribution >= 4 is 27.7 Å². The Kier molecular flexibility index (Phi) is 6.46. The molecule has 0 amide bonds. The van der Waals surface area contributed by atoms with Gasteiger partial charge in [-0.15, -0.1) is 5.10 Å². The predicted molar refractivity (Wildman–Crippen MR) is 125 cm³/mol. The third-order valence-corrected chi connectivity index (χ3v) is 5.66. The average molecular weight is 508 g/mol. The minimum atomic E-state index is -0.827. The molecule has 3 aromatic carbocycles. The monoisotopic (exact) mass is 507 g/mol. The predicted octanol–water partition coefficient (Wildman–Crippen LogP) is 5.49. The van der Waals surface area contributed by atoms with Crippen LogP contribution in [0.25, 0.3) is 17.1 Å². The summed E-state index contributed by atoms with van der Waals surface area (Å²) < 4.78 is 21.0. The Morgan fingerprint density at radius 1 is 0.970 bits per heavy atom. The van der Waals surface area contributed by atoms with Crippen LogP contribution in [0.5, 0.6) is 0 Å². The summed E-state index contributed by atoms with van der Waals surface area (Å²) >= 11 is 3.31. The first-order valence-electron chi connectivity index (χ1n) is 10.1. The first-order valence-corrected chi connectivity index (χ1v) is 10.9. The van der Waals surface area contributed by atoms with Crippen LogP contribution in [-0.2, 0) is 4.74 Å². The van der Waals surface area contributed by atoms with Gasteiger partial charge in [-0.05, 0) is 73.5 Å². The third-order valence-electron chi connectivity index (χ3n) is 5.13. The van der Waals surface area contributed by atoms with Crippen LogP contribution in [0.2, 0.25) is 0 Å². The lowest BCUT2D eigenvalue weighted by Gasteiger charge is -2.08. The number of ketones is 1. The number of rotatable bonds is 6. The van der Waals surface area contributed by atoms with E-state index >= 15 is 0 Å². The number of nitrogens with zero attached hydrogens (tertiary/aromatic N) is 3. The highest BCUT2D eigenvalue weighted by atomic mass is 79.9. The van der Waals surface area contributed by atoms with Crippen LogP contribution in [0.3, 0.4) is 0 Å². The van der Waals surface area contributed by atoms with Gasteiger partial charge in [0, 0.05) is 15.6 Å². The summed E-state index contributed by atoms with van der Waals surface area (Å²) in [5, 5.41) is 4.33. The molecule has 0 bridgehead atoms. The maximum atomic E-state index is 13.4. The molecule has 0 saturated heterocycles. The van der Waals surface area contributed by atoms with Crippen LogP contribution in [0.4, 0.5) is 4.39 Å². The summed E-state index contributed by atoms with van der Waals surface area (Å²) in [7, 11) is 0. The van der Waals surface area contributed by atoms with Gasteiger partial charge in [0.05, 0.1) is 5.69 Å². The highest BCUT2D eigenvalue weighted by Crippen LogP contribution is 2.23. The Bertz CT molecular complexity index is 1330. The molecular weight excluding hydrogens is 489 g/mol. The van der Waals surface area contributed by atoms with Crippen molar-refractivity contribution in [2.24, 2.45) is 0 Å². The van der Waals surface area contributed by atoms with E-state index < -0.39 is 12.6 Å². The number of aromatic nitrogens is 3. The fraction of sp³-hybridized carbons (Fsp3) is 0.120. The van der Waals surface area contributed by atoms with E-state index in [0.717, 1.165) is 15.6 Å². The SMILES string of the molecule is Cc1ccc(-n2nc(C(=O)OCC(=O)c3ccc(Br)cc3)nc2-c2ccc(F)cc2)cc1C. The van der Waals surface area contributed by atoms with E-state index in [2.05, 4.69) is 26.0 Å². The summed E-state index contributed by atoms with van der Waals surface area (Å²) in [6, 6.07) is 18.2. The summed E-state index contributed by atoms with van der Waals surface area (Å²) in [5.74, 6) is -1.41. The van der Waals surface area contributed by atoms with Crippen molar-refractivity contribution in [3.63, 3.8) is 0 Å². The fourth-order valence-corrected chi connectivity index (χ4v) is 3.40. The Balaban J connectivity index is 1.63. The van der Waals surface area contributed by atoms with Crippen LogP contribution in [0.1, 0.15) is 32.1 Å². The topological polar surface area (TPSA) is 74.1 Å². The molecule has 0 radical (unpaired) electrons. The Hall–Kier alpha value is -3.65. The maximum Gasteiger partial charge on any atom is 0.378 e. The Morgan fingerprint density at radius 2 is 1.67 bits per heavy atom. The zero-order valence-corrected chi connectivity index (χ0v) is 19.5. The summed E-state index contributed by atoms with van der Waals surface area (Å²) in [4.78, 5) is 29.3. The first kappa shape index (κ1) is 22.5. The highest BCUT2D eigenvalue weighted by Gasteiger charge is 2.21. The van der Waals surface area contributed by atoms with Crippen molar-refractivity contribution in [3.8, 4) is 17.1 Å².